The summed E-state index contributed by atoms with van der Waals surface area (Å²) in [6, 6.07) is 14.1. The van der Waals surface area contributed by atoms with Crippen LogP contribution in [0.4, 0.5) is 0 Å². The van der Waals surface area contributed by atoms with Gasteiger partial charge in [-0.3, -0.25) is 0 Å². The van der Waals surface area contributed by atoms with Crippen molar-refractivity contribution in [2.45, 2.75) is 214 Å². The van der Waals surface area contributed by atoms with E-state index in [9.17, 15) is 0 Å². The number of aryl methyl sites for hydroxylation is 8. The van der Waals surface area contributed by atoms with Gasteiger partial charge in [0.05, 0.1) is 67.6 Å². The summed E-state index contributed by atoms with van der Waals surface area (Å²) < 4.78 is 0. The van der Waals surface area contributed by atoms with Crippen molar-refractivity contribution in [2.75, 3.05) is 0 Å². The number of hydrogen-bond acceptors (Lipinski definition) is 4. The number of allylic oxidation sites excluding steroid dienone is 8. The van der Waals surface area contributed by atoms with Crippen LogP contribution in [-0.2, 0) is 51.4 Å². The van der Waals surface area contributed by atoms with Gasteiger partial charge in [0.25, 0.3) is 0 Å². The lowest BCUT2D eigenvalue weighted by Gasteiger charge is -2.07. The fourth-order valence-corrected chi connectivity index (χ4v) is 14.9. The molecule has 0 amide bonds. The summed E-state index contributed by atoms with van der Waals surface area (Å²) in [7, 11) is 0. The van der Waals surface area contributed by atoms with E-state index in [4.69, 9.17) is 19.9 Å². The monoisotopic (exact) mass is 1090 g/mol. The predicted molar refractivity (Wildman–Crippen MR) is 356 cm³/mol. The molecule has 0 spiro atoms. The van der Waals surface area contributed by atoms with Gasteiger partial charge in [0.2, 0.25) is 0 Å². The summed E-state index contributed by atoms with van der Waals surface area (Å²) >= 11 is 0. The maximum absolute atomic E-state index is 5.54. The van der Waals surface area contributed by atoms with Crippen LogP contribution >= 0.6 is 0 Å². The predicted octanol–water partition coefficient (Wildman–Crippen LogP) is 20.5. The van der Waals surface area contributed by atoms with Crippen LogP contribution in [-0.4, -0.2) is 39.9 Å². The SMILES string of the molecule is CCC1=C(CC)c2cc3[nH]c(c(CC)c3CC)c(/C=C/c3c4[nH]c(cc5nc(cc6nc(cc7[nH]c3c(CC)c7CC)C(CC)=C6CC)C(CC)=C5CC)c(CC)c4CC)c3[nH]c(cc4nc(cc1n2)C(CC)=C4CC)c(CC)c3CC. The van der Waals surface area contributed by atoms with E-state index in [0.29, 0.717) is 0 Å². The Morgan fingerprint density at radius 3 is 0.561 bits per heavy atom. The molecular formula is C74H92N8. The van der Waals surface area contributed by atoms with Gasteiger partial charge >= 0.3 is 0 Å². The first-order chi connectivity index (χ1) is 39.9. The van der Waals surface area contributed by atoms with Gasteiger partial charge in [0, 0.05) is 33.2 Å². The lowest BCUT2D eigenvalue weighted by atomic mass is 9.96. The molecule has 6 aromatic heterocycles. The number of rotatable bonds is 18. The molecule has 8 nitrogen and oxygen atoms in total. The highest BCUT2D eigenvalue weighted by atomic mass is 14.8. The lowest BCUT2D eigenvalue weighted by Crippen LogP contribution is -1.91. The van der Waals surface area contributed by atoms with Crippen LogP contribution in [0, 0.1) is 0 Å². The number of nitrogens with zero attached hydrogens (tertiary/aromatic N) is 4. The van der Waals surface area contributed by atoms with E-state index >= 15 is 0 Å². The molecule has 0 aliphatic carbocycles. The topological polar surface area (TPSA) is 115 Å². The van der Waals surface area contributed by atoms with Crippen LogP contribution in [0.5, 0.6) is 0 Å². The number of fused-ring (bicyclic) bond motifs is 16. The van der Waals surface area contributed by atoms with Crippen LogP contribution in [0.2, 0.25) is 0 Å². The molecule has 0 atom stereocenters. The maximum atomic E-state index is 5.54. The van der Waals surface area contributed by atoms with Crippen molar-refractivity contribution >= 4 is 101 Å². The second-order valence-corrected chi connectivity index (χ2v) is 22.5. The highest BCUT2D eigenvalue weighted by Crippen LogP contribution is 2.43. The summed E-state index contributed by atoms with van der Waals surface area (Å²) in [4.78, 5) is 39.0. The molecule has 0 saturated heterocycles. The minimum atomic E-state index is 0.878. The highest BCUT2D eigenvalue weighted by Gasteiger charge is 2.27. The summed E-state index contributed by atoms with van der Waals surface area (Å²) in [6.07, 6.45) is 19.3. The fraction of sp³-hybridized carbons (Fsp3) is 0.432. The van der Waals surface area contributed by atoms with Crippen LogP contribution in [0.15, 0.2) is 36.4 Å². The van der Waals surface area contributed by atoms with Crippen molar-refractivity contribution in [1.82, 2.24) is 39.9 Å². The third-order valence-electron chi connectivity index (χ3n) is 18.7. The Balaban J connectivity index is 1.44. The van der Waals surface area contributed by atoms with Gasteiger partial charge in [0.15, 0.2) is 0 Å². The fourth-order valence-electron chi connectivity index (χ4n) is 14.9. The minimum absolute atomic E-state index is 0.878. The summed E-state index contributed by atoms with van der Waals surface area (Å²) in [5.74, 6) is 0. The third-order valence-corrected chi connectivity index (χ3v) is 18.7. The van der Waals surface area contributed by atoms with Gasteiger partial charge in [-0.2, -0.15) is 0 Å². The number of nitrogens with one attached hydrogen (secondary N) is 4. The quantitative estimate of drug-likeness (QED) is 0.0686. The molecule has 8 heteroatoms. The molecule has 10 heterocycles. The Hall–Kier alpha value is -7.06. The Labute approximate surface area is 489 Å². The first-order valence-electron chi connectivity index (χ1n) is 32.1. The molecule has 428 valence electrons. The minimum Gasteiger partial charge on any atom is -0.354 e. The molecule has 10 rings (SSSR count). The van der Waals surface area contributed by atoms with Crippen LogP contribution < -0.4 is 0 Å². The molecular weight excluding hydrogens is 1000 g/mol. The summed E-state index contributed by atoms with van der Waals surface area (Å²) in [5.41, 5.74) is 41.4. The van der Waals surface area contributed by atoms with Gasteiger partial charge in [-0.15, -0.1) is 0 Å². The second kappa shape index (κ2) is 24.4. The van der Waals surface area contributed by atoms with Crippen molar-refractivity contribution in [2.24, 2.45) is 0 Å². The summed E-state index contributed by atoms with van der Waals surface area (Å²) in [6.45, 7) is 36.9. The van der Waals surface area contributed by atoms with Crippen molar-refractivity contribution in [3.8, 4) is 0 Å². The van der Waals surface area contributed by atoms with E-state index in [2.05, 4.69) is 179 Å². The average Bonchev–Trinajstić information content (AvgIpc) is 4.51. The van der Waals surface area contributed by atoms with Crippen molar-refractivity contribution in [3.63, 3.8) is 0 Å². The maximum Gasteiger partial charge on any atom is 0.0694 e. The molecule has 0 aromatic carbocycles. The Bertz CT molecular complexity index is 3540. The molecule has 6 aromatic rings. The van der Waals surface area contributed by atoms with Crippen LogP contribution in [0.1, 0.15) is 263 Å². The largest absolute Gasteiger partial charge is 0.354 e. The Morgan fingerprint density at radius 1 is 0.232 bits per heavy atom. The number of aromatic nitrogens is 8. The van der Waals surface area contributed by atoms with Crippen LogP contribution in [0.3, 0.4) is 0 Å². The van der Waals surface area contributed by atoms with Crippen molar-refractivity contribution < 1.29 is 0 Å². The highest BCUT2D eigenvalue weighted by molar-refractivity contribution is 6.02. The molecule has 4 aliphatic heterocycles. The van der Waals surface area contributed by atoms with E-state index in [1.807, 2.05) is 0 Å². The average molecular weight is 1090 g/mol. The molecule has 82 heavy (non-hydrogen) atoms. The third kappa shape index (κ3) is 9.63. The van der Waals surface area contributed by atoms with E-state index in [1.54, 1.807) is 0 Å². The smallest absolute Gasteiger partial charge is 0.0694 e. The van der Waals surface area contributed by atoms with Gasteiger partial charge in [0.1, 0.15) is 0 Å². The molecule has 0 saturated carbocycles. The standard InChI is InChI=1S/C74H92N8/c1-17-41-45(21-5)63-37-67-49(25-9)53(29-13)71(79-67)57(72-54(30-14)50(26-10)68(80-72)38-64-46(22-6)42(18-2)60(76-64)35-59(41)75-63)33-34-58-73-55(31-15)51(27-11)69(81-73)39-65-47(23-7)43(19-3)61(77-65)36-62-44(20-4)48(24-8)66(78-62)40-70-52(28-12)56(32-16)74(58)82-70/h33-40,79-82H,17-32H2,1-16H3/b34-33+,59-35?,60-35?,61-36?,62-36?,63-37?,64-38?,65-39?,66-40?,67-37?,68-38?,69-39?,70-40?,71-57?,72-57?,73-58?,74-58?. The molecule has 0 unspecified atom stereocenters. The molecule has 4 aliphatic rings. The van der Waals surface area contributed by atoms with Crippen molar-refractivity contribution in [3.05, 3.63) is 138 Å². The Morgan fingerprint density at radius 2 is 0.402 bits per heavy atom. The van der Waals surface area contributed by atoms with E-state index in [1.165, 1.54) is 89.1 Å². The van der Waals surface area contributed by atoms with E-state index in [-0.39, 0.29) is 0 Å². The van der Waals surface area contributed by atoms with Crippen molar-refractivity contribution in [1.29, 1.82) is 0 Å². The number of hydrogen-bond donors (Lipinski definition) is 4. The van der Waals surface area contributed by atoms with E-state index < -0.39 is 0 Å². The first-order valence-corrected chi connectivity index (χ1v) is 32.1. The van der Waals surface area contributed by atoms with Gasteiger partial charge in [-0.25, -0.2) is 19.9 Å². The van der Waals surface area contributed by atoms with E-state index in [0.717, 1.165) is 204 Å². The zero-order valence-electron chi connectivity index (χ0n) is 52.7. The zero-order chi connectivity index (χ0) is 58.3. The molecule has 0 radical (unpaired) electrons. The normalized spacial score (nSPS) is 13.9. The summed E-state index contributed by atoms with van der Waals surface area (Å²) in [5, 5.41) is 0. The molecule has 16 bridgehead atoms. The first kappa shape index (κ1) is 58.1. The van der Waals surface area contributed by atoms with Crippen LogP contribution in [0.25, 0.3) is 101 Å². The lowest BCUT2D eigenvalue weighted by molar-refractivity contribution is 1.07. The number of aromatic amines is 4. The van der Waals surface area contributed by atoms with Gasteiger partial charge in [-0.1, -0.05) is 123 Å². The van der Waals surface area contributed by atoms with Gasteiger partial charge < -0.3 is 19.9 Å². The molecule has 4 N–H and O–H groups in total. The van der Waals surface area contributed by atoms with Gasteiger partial charge in [-0.05, 0) is 228 Å². The molecule has 0 fully saturated rings. The Kier molecular flexibility index (Phi) is 17.3. The second-order valence-electron chi connectivity index (χ2n) is 22.5. The number of H-pyrrole nitrogens is 4. The zero-order valence-corrected chi connectivity index (χ0v) is 52.7.